The Hall–Kier alpha value is -1.31. The molecule has 2 atom stereocenters. The lowest BCUT2D eigenvalue weighted by Crippen LogP contribution is -2.46. The van der Waals surface area contributed by atoms with Gasteiger partial charge in [-0.2, -0.15) is 13.2 Å². The van der Waals surface area contributed by atoms with Crippen molar-refractivity contribution in [3.05, 3.63) is 29.8 Å². The molecule has 0 saturated carbocycles. The van der Waals surface area contributed by atoms with Crippen LogP contribution >= 0.6 is 0 Å². The summed E-state index contributed by atoms with van der Waals surface area (Å²) in [6.45, 7) is 0.563. The summed E-state index contributed by atoms with van der Waals surface area (Å²) < 4.78 is 47.9. The fourth-order valence-electron chi connectivity index (χ4n) is 2.26. The maximum Gasteiger partial charge on any atom is 0.415 e. The van der Waals surface area contributed by atoms with Gasteiger partial charge in [0.2, 0.25) is 0 Å². The lowest BCUT2D eigenvalue weighted by atomic mass is 10.1. The Morgan fingerprint density at radius 2 is 2.24 bits per heavy atom. The normalized spacial score (nSPS) is 22.0. The molecule has 0 aliphatic carbocycles. The first-order valence-corrected chi connectivity index (χ1v) is 6.63. The highest BCUT2D eigenvalue weighted by molar-refractivity contribution is 5.30. The number of methoxy groups -OCH3 is 1. The minimum atomic E-state index is -4.59. The molecule has 118 valence electrons. The number of morpholine rings is 1. The Balaban J connectivity index is 2.00. The third kappa shape index (κ3) is 4.33. The highest BCUT2D eigenvalue weighted by Gasteiger charge is 2.39. The predicted octanol–water partition coefficient (Wildman–Crippen LogP) is 1.99. The molecule has 1 saturated heterocycles. The van der Waals surface area contributed by atoms with Gasteiger partial charge >= 0.3 is 6.18 Å². The number of halogens is 3. The number of aliphatic hydroxyl groups excluding tert-OH is 1. The van der Waals surface area contributed by atoms with Crippen LogP contribution < -0.4 is 4.74 Å². The predicted molar refractivity (Wildman–Crippen MR) is 70.2 cm³/mol. The number of hydrogen-bond acceptors (Lipinski definition) is 4. The maximum atomic E-state index is 12.4. The number of ether oxygens (including phenoxy) is 2. The maximum absolute atomic E-state index is 12.4. The van der Waals surface area contributed by atoms with Gasteiger partial charge in [-0.05, 0) is 17.7 Å². The van der Waals surface area contributed by atoms with Crippen molar-refractivity contribution < 1.29 is 27.8 Å². The molecule has 1 fully saturated rings. The molecular weight excluding hydrogens is 287 g/mol. The first-order valence-electron chi connectivity index (χ1n) is 6.63. The second-order valence-corrected chi connectivity index (χ2v) is 4.95. The zero-order valence-corrected chi connectivity index (χ0v) is 11.6. The van der Waals surface area contributed by atoms with Gasteiger partial charge in [-0.3, -0.25) is 4.90 Å². The average molecular weight is 305 g/mol. The van der Waals surface area contributed by atoms with Gasteiger partial charge in [-0.25, -0.2) is 0 Å². The molecule has 1 heterocycles. The van der Waals surface area contributed by atoms with Crippen LogP contribution in [0.15, 0.2) is 24.3 Å². The molecule has 0 amide bonds. The Bertz CT molecular complexity index is 467. The average Bonchev–Trinajstić information content (AvgIpc) is 2.46. The molecule has 0 aromatic heterocycles. The quantitative estimate of drug-likeness (QED) is 0.924. The molecule has 2 rings (SSSR count). The minimum Gasteiger partial charge on any atom is -0.497 e. The monoisotopic (exact) mass is 305 g/mol. The van der Waals surface area contributed by atoms with E-state index >= 15 is 0 Å². The van der Waals surface area contributed by atoms with Crippen molar-refractivity contribution in [2.75, 3.05) is 33.4 Å². The van der Waals surface area contributed by atoms with Crippen molar-refractivity contribution in [3.63, 3.8) is 0 Å². The van der Waals surface area contributed by atoms with E-state index in [1.165, 1.54) is 0 Å². The van der Waals surface area contributed by atoms with Crippen LogP contribution in [0.2, 0.25) is 0 Å². The molecule has 4 nitrogen and oxygen atoms in total. The number of alkyl halides is 3. The minimum absolute atomic E-state index is 0.306. The standard InChI is InChI=1S/C14H18F3NO3/c1-20-11-4-2-3-10(7-11)12-8-18(5-6-21-12)9-13(19)14(15,16)17/h2-4,7,12-13,19H,5-6,8-9H2,1H3/t12?,13-/m0/s1. The van der Waals surface area contributed by atoms with E-state index in [9.17, 15) is 13.2 Å². The van der Waals surface area contributed by atoms with E-state index in [1.54, 1.807) is 30.2 Å². The largest absolute Gasteiger partial charge is 0.497 e. The van der Waals surface area contributed by atoms with Gasteiger partial charge in [-0.15, -0.1) is 0 Å². The molecular formula is C14H18F3NO3. The van der Waals surface area contributed by atoms with Crippen molar-refractivity contribution in [2.45, 2.75) is 18.4 Å². The lowest BCUT2D eigenvalue weighted by molar-refractivity contribution is -0.211. The number of β-amino-alcohol motifs (C(OH)–C–C–N with tert-alkyl or cyclic N) is 1. The zero-order chi connectivity index (χ0) is 15.5. The summed E-state index contributed by atoms with van der Waals surface area (Å²) in [5, 5.41) is 9.15. The summed E-state index contributed by atoms with van der Waals surface area (Å²) >= 11 is 0. The third-order valence-electron chi connectivity index (χ3n) is 3.43. The summed E-state index contributed by atoms with van der Waals surface area (Å²) in [4.78, 5) is 1.56. The van der Waals surface area contributed by atoms with Crippen LogP contribution in [-0.2, 0) is 4.74 Å². The fourth-order valence-corrected chi connectivity index (χ4v) is 2.26. The van der Waals surface area contributed by atoms with Gasteiger partial charge in [0.1, 0.15) is 5.75 Å². The summed E-state index contributed by atoms with van der Waals surface area (Å²) in [6.07, 6.45) is -7.25. The third-order valence-corrected chi connectivity index (χ3v) is 3.43. The van der Waals surface area contributed by atoms with E-state index in [1.807, 2.05) is 6.07 Å². The Morgan fingerprint density at radius 1 is 1.48 bits per heavy atom. The van der Waals surface area contributed by atoms with Crippen molar-refractivity contribution in [3.8, 4) is 5.75 Å². The molecule has 1 aliphatic heterocycles. The van der Waals surface area contributed by atoms with Crippen LogP contribution in [0.5, 0.6) is 5.75 Å². The van der Waals surface area contributed by atoms with Gasteiger partial charge in [0.25, 0.3) is 0 Å². The van der Waals surface area contributed by atoms with E-state index in [4.69, 9.17) is 14.6 Å². The molecule has 21 heavy (non-hydrogen) atoms. The molecule has 1 aromatic rings. The first-order chi connectivity index (χ1) is 9.90. The number of benzene rings is 1. The highest BCUT2D eigenvalue weighted by Crippen LogP contribution is 2.27. The second-order valence-electron chi connectivity index (χ2n) is 4.95. The molecule has 1 unspecified atom stereocenters. The zero-order valence-electron chi connectivity index (χ0n) is 11.6. The van der Waals surface area contributed by atoms with Crippen LogP contribution in [0, 0.1) is 0 Å². The topological polar surface area (TPSA) is 41.9 Å². The van der Waals surface area contributed by atoms with Crippen LogP contribution in [0.1, 0.15) is 11.7 Å². The second kappa shape index (κ2) is 6.64. The van der Waals surface area contributed by atoms with E-state index in [2.05, 4.69) is 0 Å². The summed E-state index contributed by atoms with van der Waals surface area (Å²) in [6, 6.07) is 7.24. The highest BCUT2D eigenvalue weighted by atomic mass is 19.4. The van der Waals surface area contributed by atoms with E-state index in [0.717, 1.165) is 5.56 Å². The Kier molecular flexibility index (Phi) is 5.08. The van der Waals surface area contributed by atoms with Crippen LogP contribution in [0.4, 0.5) is 13.2 Å². The summed E-state index contributed by atoms with van der Waals surface area (Å²) in [7, 11) is 1.55. The van der Waals surface area contributed by atoms with Crippen molar-refractivity contribution in [1.29, 1.82) is 0 Å². The van der Waals surface area contributed by atoms with Crippen LogP contribution in [-0.4, -0.2) is 55.6 Å². The van der Waals surface area contributed by atoms with E-state index in [-0.39, 0.29) is 6.10 Å². The summed E-state index contributed by atoms with van der Waals surface area (Å²) in [5.74, 6) is 0.670. The van der Waals surface area contributed by atoms with Gasteiger partial charge in [0.15, 0.2) is 6.10 Å². The molecule has 0 radical (unpaired) electrons. The van der Waals surface area contributed by atoms with Gasteiger partial charge in [0.05, 0.1) is 19.8 Å². The van der Waals surface area contributed by atoms with E-state index in [0.29, 0.717) is 25.4 Å². The van der Waals surface area contributed by atoms with Gasteiger partial charge in [0, 0.05) is 19.6 Å². The number of aliphatic hydroxyl groups is 1. The van der Waals surface area contributed by atoms with E-state index < -0.39 is 18.8 Å². The number of hydrogen-bond donors (Lipinski definition) is 1. The Labute approximate surface area is 121 Å². The first kappa shape index (κ1) is 16.1. The molecule has 1 N–H and O–H groups in total. The fraction of sp³-hybridized carbons (Fsp3) is 0.571. The van der Waals surface area contributed by atoms with Crippen molar-refractivity contribution in [2.24, 2.45) is 0 Å². The SMILES string of the molecule is COc1cccc(C2CN(C[C@H](O)C(F)(F)F)CCO2)c1. The van der Waals surface area contributed by atoms with Crippen molar-refractivity contribution >= 4 is 0 Å². The van der Waals surface area contributed by atoms with Crippen molar-refractivity contribution in [1.82, 2.24) is 4.90 Å². The van der Waals surface area contributed by atoms with Gasteiger partial charge < -0.3 is 14.6 Å². The summed E-state index contributed by atoms with van der Waals surface area (Å²) in [5.41, 5.74) is 0.848. The molecule has 1 aromatic carbocycles. The molecule has 1 aliphatic rings. The number of rotatable bonds is 4. The van der Waals surface area contributed by atoms with Gasteiger partial charge in [-0.1, -0.05) is 12.1 Å². The van der Waals surface area contributed by atoms with Crippen LogP contribution in [0.3, 0.4) is 0 Å². The Morgan fingerprint density at radius 3 is 2.90 bits per heavy atom. The molecule has 0 spiro atoms. The molecule has 0 bridgehead atoms. The smallest absolute Gasteiger partial charge is 0.415 e. The lowest BCUT2D eigenvalue weighted by Gasteiger charge is -2.34. The molecule has 7 heteroatoms. The van der Waals surface area contributed by atoms with Crippen LogP contribution in [0.25, 0.3) is 0 Å². The number of nitrogens with zero attached hydrogens (tertiary/aromatic N) is 1.